The Kier molecular flexibility index (Phi) is 4.30. The molecule has 0 radical (unpaired) electrons. The molecule has 0 amide bonds. The minimum Gasteiger partial charge on any atom is -0.497 e. The van der Waals surface area contributed by atoms with Crippen LogP contribution in [0.3, 0.4) is 0 Å². The van der Waals surface area contributed by atoms with Crippen LogP contribution in [0, 0.1) is 11.3 Å². The van der Waals surface area contributed by atoms with E-state index in [0.29, 0.717) is 11.3 Å². The Bertz CT molecular complexity index is 346. The summed E-state index contributed by atoms with van der Waals surface area (Å²) in [7, 11) is 1.59. The minimum absolute atomic E-state index is 0.104. The number of nitriles is 1. The summed E-state index contributed by atoms with van der Waals surface area (Å²) in [4.78, 5) is 0.848. The van der Waals surface area contributed by atoms with Gasteiger partial charge in [-0.2, -0.15) is 5.26 Å². The van der Waals surface area contributed by atoms with Gasteiger partial charge in [-0.25, -0.2) is 0 Å². The van der Waals surface area contributed by atoms with E-state index in [-0.39, 0.29) is 6.61 Å². The minimum atomic E-state index is 0.104. The van der Waals surface area contributed by atoms with Crippen molar-refractivity contribution in [1.82, 2.24) is 0 Å². The van der Waals surface area contributed by atoms with E-state index in [1.54, 1.807) is 25.3 Å². The van der Waals surface area contributed by atoms with Gasteiger partial charge >= 0.3 is 0 Å². The lowest BCUT2D eigenvalue weighted by molar-refractivity contribution is 0.322. The number of aliphatic hydroxyl groups is 1. The Morgan fingerprint density at radius 1 is 1.57 bits per heavy atom. The van der Waals surface area contributed by atoms with Crippen molar-refractivity contribution in [2.24, 2.45) is 0 Å². The van der Waals surface area contributed by atoms with E-state index in [2.05, 4.69) is 6.07 Å². The van der Waals surface area contributed by atoms with Crippen LogP contribution in [0.4, 0.5) is 0 Å². The molecule has 1 rings (SSSR count). The highest BCUT2D eigenvalue weighted by atomic mass is 32.2. The van der Waals surface area contributed by atoms with Crippen molar-refractivity contribution in [1.29, 1.82) is 5.26 Å². The van der Waals surface area contributed by atoms with Gasteiger partial charge in [-0.05, 0) is 18.2 Å². The Labute approximate surface area is 87.3 Å². The third-order valence-corrected chi connectivity index (χ3v) is 2.69. The Balaban J connectivity index is 2.91. The van der Waals surface area contributed by atoms with Gasteiger partial charge in [0.1, 0.15) is 11.8 Å². The van der Waals surface area contributed by atoms with E-state index in [1.807, 2.05) is 0 Å². The standard InChI is InChI=1S/C10H11NO2S/c1-13-9-3-2-8(7-11)10(6-9)14-5-4-12/h2-3,6,12H,4-5H2,1H3. The molecule has 0 aromatic heterocycles. The van der Waals surface area contributed by atoms with Crippen LogP contribution in [0.5, 0.6) is 5.75 Å². The number of aliphatic hydroxyl groups excluding tert-OH is 1. The number of ether oxygens (including phenoxy) is 1. The van der Waals surface area contributed by atoms with Gasteiger partial charge in [0.25, 0.3) is 0 Å². The van der Waals surface area contributed by atoms with Crippen LogP contribution < -0.4 is 4.74 Å². The normalized spacial score (nSPS) is 9.50. The van der Waals surface area contributed by atoms with Gasteiger partial charge < -0.3 is 9.84 Å². The fourth-order valence-corrected chi connectivity index (χ4v) is 1.78. The van der Waals surface area contributed by atoms with Gasteiger partial charge in [0.15, 0.2) is 0 Å². The molecule has 4 heteroatoms. The molecule has 0 aliphatic carbocycles. The zero-order chi connectivity index (χ0) is 10.4. The molecule has 3 nitrogen and oxygen atoms in total. The first kappa shape index (κ1) is 10.9. The SMILES string of the molecule is COc1ccc(C#N)c(SCCO)c1. The summed E-state index contributed by atoms with van der Waals surface area (Å²) in [6, 6.07) is 7.37. The highest BCUT2D eigenvalue weighted by Crippen LogP contribution is 2.26. The molecular formula is C10H11NO2S. The van der Waals surface area contributed by atoms with Crippen LogP contribution >= 0.6 is 11.8 Å². The Morgan fingerprint density at radius 2 is 2.36 bits per heavy atom. The summed E-state index contributed by atoms with van der Waals surface area (Å²) in [5, 5.41) is 17.5. The van der Waals surface area contributed by atoms with Crippen molar-refractivity contribution in [3.05, 3.63) is 23.8 Å². The molecule has 14 heavy (non-hydrogen) atoms. The molecule has 0 atom stereocenters. The van der Waals surface area contributed by atoms with E-state index in [4.69, 9.17) is 15.1 Å². The van der Waals surface area contributed by atoms with Gasteiger partial charge in [-0.15, -0.1) is 11.8 Å². The predicted octanol–water partition coefficient (Wildman–Crippen LogP) is 1.65. The van der Waals surface area contributed by atoms with Crippen LogP contribution in [-0.4, -0.2) is 24.6 Å². The molecule has 0 saturated heterocycles. The number of thioether (sulfide) groups is 1. The maximum absolute atomic E-state index is 8.81. The lowest BCUT2D eigenvalue weighted by Crippen LogP contribution is -1.90. The fraction of sp³-hybridized carbons (Fsp3) is 0.300. The van der Waals surface area contributed by atoms with Gasteiger partial charge in [0.05, 0.1) is 19.3 Å². The van der Waals surface area contributed by atoms with E-state index in [1.165, 1.54) is 11.8 Å². The van der Waals surface area contributed by atoms with Gasteiger partial charge in [0, 0.05) is 10.6 Å². The maximum Gasteiger partial charge on any atom is 0.120 e. The van der Waals surface area contributed by atoms with Crippen LogP contribution in [0.25, 0.3) is 0 Å². The molecule has 0 heterocycles. The topological polar surface area (TPSA) is 53.2 Å². The Morgan fingerprint density at radius 3 is 2.93 bits per heavy atom. The number of nitrogens with zero attached hydrogens (tertiary/aromatic N) is 1. The monoisotopic (exact) mass is 209 g/mol. The molecule has 0 bridgehead atoms. The third kappa shape index (κ3) is 2.66. The summed E-state index contributed by atoms with van der Waals surface area (Å²) >= 11 is 1.45. The number of methoxy groups -OCH3 is 1. The summed E-state index contributed by atoms with van der Waals surface area (Å²) < 4.78 is 5.05. The quantitative estimate of drug-likeness (QED) is 0.766. The highest BCUT2D eigenvalue weighted by Gasteiger charge is 2.03. The van der Waals surface area contributed by atoms with Gasteiger partial charge in [-0.3, -0.25) is 0 Å². The van der Waals surface area contributed by atoms with E-state index in [9.17, 15) is 0 Å². The van der Waals surface area contributed by atoms with E-state index < -0.39 is 0 Å². The van der Waals surface area contributed by atoms with E-state index >= 15 is 0 Å². The molecule has 0 aliphatic rings. The molecule has 0 fully saturated rings. The predicted molar refractivity (Wildman–Crippen MR) is 55.5 cm³/mol. The van der Waals surface area contributed by atoms with Crippen molar-refractivity contribution in [2.75, 3.05) is 19.5 Å². The number of hydrogen-bond acceptors (Lipinski definition) is 4. The molecule has 1 aromatic rings. The smallest absolute Gasteiger partial charge is 0.120 e. The van der Waals surface area contributed by atoms with Crippen LogP contribution in [0.1, 0.15) is 5.56 Å². The van der Waals surface area contributed by atoms with Crippen LogP contribution in [-0.2, 0) is 0 Å². The first-order chi connectivity index (χ1) is 6.81. The molecule has 0 spiro atoms. The van der Waals surface area contributed by atoms with E-state index in [0.717, 1.165) is 10.6 Å². The van der Waals surface area contributed by atoms with Crippen molar-refractivity contribution < 1.29 is 9.84 Å². The molecular weight excluding hydrogens is 198 g/mol. The summed E-state index contributed by atoms with van der Waals surface area (Å²) in [5.74, 6) is 1.31. The lowest BCUT2D eigenvalue weighted by atomic mass is 10.2. The largest absolute Gasteiger partial charge is 0.497 e. The van der Waals surface area contributed by atoms with Crippen molar-refractivity contribution in [2.45, 2.75) is 4.90 Å². The summed E-state index contributed by atoms with van der Waals surface area (Å²) in [6.45, 7) is 0.104. The molecule has 0 aliphatic heterocycles. The Hall–Kier alpha value is -1.18. The highest BCUT2D eigenvalue weighted by molar-refractivity contribution is 7.99. The second kappa shape index (κ2) is 5.53. The fourth-order valence-electron chi connectivity index (χ4n) is 0.997. The first-order valence-electron chi connectivity index (χ1n) is 4.13. The summed E-state index contributed by atoms with van der Waals surface area (Å²) in [5.41, 5.74) is 0.615. The molecule has 1 aromatic carbocycles. The van der Waals surface area contributed by atoms with Crippen molar-refractivity contribution >= 4 is 11.8 Å². The first-order valence-corrected chi connectivity index (χ1v) is 5.12. The van der Waals surface area contributed by atoms with Crippen molar-refractivity contribution in [3.8, 4) is 11.8 Å². The molecule has 0 unspecified atom stereocenters. The number of rotatable bonds is 4. The molecule has 74 valence electrons. The molecule has 0 saturated carbocycles. The zero-order valence-electron chi connectivity index (χ0n) is 7.86. The third-order valence-electron chi connectivity index (χ3n) is 1.66. The van der Waals surface area contributed by atoms with Crippen LogP contribution in [0.2, 0.25) is 0 Å². The molecule has 1 N–H and O–H groups in total. The maximum atomic E-state index is 8.81. The number of hydrogen-bond donors (Lipinski definition) is 1. The second-order valence-electron chi connectivity index (χ2n) is 2.55. The second-order valence-corrected chi connectivity index (χ2v) is 3.68. The summed E-state index contributed by atoms with van der Waals surface area (Å²) in [6.07, 6.45) is 0. The lowest BCUT2D eigenvalue weighted by Gasteiger charge is -2.05. The average molecular weight is 209 g/mol. The van der Waals surface area contributed by atoms with Gasteiger partial charge in [0.2, 0.25) is 0 Å². The zero-order valence-corrected chi connectivity index (χ0v) is 8.67. The van der Waals surface area contributed by atoms with Gasteiger partial charge in [-0.1, -0.05) is 0 Å². The average Bonchev–Trinajstić information content (AvgIpc) is 2.25. The number of benzene rings is 1. The van der Waals surface area contributed by atoms with Crippen molar-refractivity contribution in [3.63, 3.8) is 0 Å². The van der Waals surface area contributed by atoms with Crippen LogP contribution in [0.15, 0.2) is 23.1 Å².